The first-order valence-corrected chi connectivity index (χ1v) is 9.65. The van der Waals surface area contributed by atoms with Gasteiger partial charge in [-0.25, -0.2) is 0 Å². The highest BCUT2D eigenvalue weighted by Crippen LogP contribution is 2.50. The highest BCUT2D eigenvalue weighted by Gasteiger charge is 2.45. The lowest BCUT2D eigenvalue weighted by molar-refractivity contribution is -0.138. The summed E-state index contributed by atoms with van der Waals surface area (Å²) in [5.41, 5.74) is -0.667. The van der Waals surface area contributed by atoms with Gasteiger partial charge in [0.05, 0.1) is 16.8 Å². The Bertz CT molecular complexity index is 937. The van der Waals surface area contributed by atoms with Gasteiger partial charge < -0.3 is 15.5 Å². The predicted octanol–water partition coefficient (Wildman–Crippen LogP) is 5.23. The van der Waals surface area contributed by atoms with Crippen LogP contribution in [0.2, 0.25) is 0 Å². The van der Waals surface area contributed by atoms with Gasteiger partial charge in [-0.2, -0.15) is 26.3 Å². The van der Waals surface area contributed by atoms with Gasteiger partial charge in [0, 0.05) is 37.8 Å². The van der Waals surface area contributed by atoms with Crippen LogP contribution in [0.15, 0.2) is 36.4 Å². The minimum atomic E-state index is -4.57. The normalized spacial score (nSPS) is 21.4. The smallest absolute Gasteiger partial charge is 0.381 e. The fraction of sp³-hybridized carbons (Fsp3) is 0.429. The lowest BCUT2D eigenvalue weighted by atomic mass is 9.89. The average Bonchev–Trinajstić information content (AvgIpc) is 2.97. The minimum absolute atomic E-state index is 0.0200. The van der Waals surface area contributed by atoms with Gasteiger partial charge in [-0.15, -0.1) is 0 Å². The lowest BCUT2D eigenvalue weighted by Gasteiger charge is -2.31. The number of benzene rings is 2. The highest BCUT2D eigenvalue weighted by molar-refractivity contribution is 5.72. The fourth-order valence-electron chi connectivity index (χ4n) is 4.59. The van der Waals surface area contributed by atoms with E-state index in [9.17, 15) is 26.3 Å². The molecule has 162 valence electrons. The molecule has 30 heavy (non-hydrogen) atoms. The number of hydrogen-bond acceptors (Lipinski definition) is 3. The molecule has 1 saturated heterocycles. The second kappa shape index (κ2) is 7.37. The molecule has 0 saturated carbocycles. The molecule has 0 amide bonds. The number of nitrogens with one attached hydrogen (secondary N) is 2. The maximum atomic E-state index is 13.8. The summed E-state index contributed by atoms with van der Waals surface area (Å²) in [5.74, 6) is -0.0935. The van der Waals surface area contributed by atoms with Crippen molar-refractivity contribution in [3.63, 3.8) is 0 Å². The number of halogens is 6. The number of hydrogen-bond donors (Lipinski definition) is 2. The molecule has 0 bridgehead atoms. The van der Waals surface area contributed by atoms with Crippen molar-refractivity contribution in [1.82, 2.24) is 5.32 Å². The van der Waals surface area contributed by atoms with E-state index in [1.165, 1.54) is 18.2 Å². The maximum Gasteiger partial charge on any atom is 0.418 e. The van der Waals surface area contributed by atoms with Crippen LogP contribution in [-0.2, 0) is 18.9 Å². The van der Waals surface area contributed by atoms with Crippen LogP contribution < -0.4 is 15.5 Å². The molecule has 2 aliphatic rings. The first-order chi connectivity index (χ1) is 14.1. The molecule has 0 aliphatic carbocycles. The molecular weight excluding hydrogens is 408 g/mol. The number of anilines is 2. The van der Waals surface area contributed by atoms with Crippen LogP contribution in [0.5, 0.6) is 0 Å². The summed E-state index contributed by atoms with van der Waals surface area (Å²) >= 11 is 0. The molecule has 2 heterocycles. The Morgan fingerprint density at radius 3 is 2.43 bits per heavy atom. The second-order valence-electron chi connectivity index (χ2n) is 7.75. The molecule has 3 nitrogen and oxygen atoms in total. The lowest BCUT2D eigenvalue weighted by Crippen LogP contribution is -2.42. The topological polar surface area (TPSA) is 27.3 Å². The summed E-state index contributed by atoms with van der Waals surface area (Å²) in [6.07, 6.45) is -8.37. The average molecular weight is 429 g/mol. The van der Waals surface area contributed by atoms with Crippen molar-refractivity contribution in [3.05, 3.63) is 58.7 Å². The molecule has 0 radical (unpaired) electrons. The number of likely N-dealkylation sites (N-methyl/N-ethyl adjacent to an activating group) is 1. The van der Waals surface area contributed by atoms with Crippen LogP contribution in [0.1, 0.15) is 34.6 Å². The molecular formula is C21H21F6N3. The third-order valence-electron chi connectivity index (χ3n) is 5.95. The Kier molecular flexibility index (Phi) is 5.12. The molecule has 4 rings (SSSR count). The number of piperidine rings is 1. The van der Waals surface area contributed by atoms with Gasteiger partial charge in [-0.05, 0) is 42.3 Å². The summed E-state index contributed by atoms with van der Waals surface area (Å²) in [6, 6.07) is 7.67. The van der Waals surface area contributed by atoms with Crippen LogP contribution in [0.3, 0.4) is 0 Å². The van der Waals surface area contributed by atoms with Crippen molar-refractivity contribution in [3.8, 4) is 0 Å². The van der Waals surface area contributed by atoms with Crippen molar-refractivity contribution in [2.45, 2.75) is 37.3 Å². The fourth-order valence-corrected chi connectivity index (χ4v) is 4.59. The van der Waals surface area contributed by atoms with Crippen molar-refractivity contribution in [2.75, 3.05) is 30.4 Å². The number of rotatable bonds is 3. The molecule has 2 N–H and O–H groups in total. The molecule has 0 spiro atoms. The van der Waals surface area contributed by atoms with Crippen LogP contribution in [0, 0.1) is 0 Å². The van der Waals surface area contributed by atoms with E-state index in [1.807, 2.05) is 0 Å². The molecule has 0 unspecified atom stereocenters. The van der Waals surface area contributed by atoms with Crippen molar-refractivity contribution < 1.29 is 26.3 Å². The van der Waals surface area contributed by atoms with Crippen molar-refractivity contribution in [1.29, 1.82) is 0 Å². The number of alkyl halides is 6. The van der Waals surface area contributed by atoms with Gasteiger partial charge in [0.25, 0.3) is 0 Å². The number of fused-ring (bicyclic) bond motifs is 3. The maximum absolute atomic E-state index is 13.8. The van der Waals surface area contributed by atoms with E-state index >= 15 is 0 Å². The quantitative estimate of drug-likeness (QED) is 0.655. The highest BCUT2D eigenvalue weighted by atomic mass is 19.4. The summed E-state index contributed by atoms with van der Waals surface area (Å²) in [5, 5.41) is 6.01. The molecule has 1 fully saturated rings. The van der Waals surface area contributed by atoms with E-state index in [0.717, 1.165) is 25.1 Å². The van der Waals surface area contributed by atoms with E-state index in [0.29, 0.717) is 12.1 Å². The monoisotopic (exact) mass is 429 g/mol. The predicted molar refractivity (Wildman–Crippen MR) is 103 cm³/mol. The van der Waals surface area contributed by atoms with Gasteiger partial charge >= 0.3 is 12.4 Å². The number of nitrogens with zero attached hydrogens (tertiary/aromatic N) is 1. The van der Waals surface area contributed by atoms with Crippen LogP contribution in [0.25, 0.3) is 0 Å². The van der Waals surface area contributed by atoms with Crippen LogP contribution in [0.4, 0.5) is 37.7 Å². The molecule has 2 aliphatic heterocycles. The minimum Gasteiger partial charge on any atom is -0.381 e. The van der Waals surface area contributed by atoms with E-state index in [4.69, 9.17) is 0 Å². The summed E-state index contributed by atoms with van der Waals surface area (Å²) < 4.78 is 81.2. The third kappa shape index (κ3) is 3.71. The van der Waals surface area contributed by atoms with Crippen LogP contribution >= 0.6 is 0 Å². The van der Waals surface area contributed by atoms with Crippen molar-refractivity contribution >= 4 is 11.4 Å². The first kappa shape index (κ1) is 20.8. The van der Waals surface area contributed by atoms with E-state index in [2.05, 4.69) is 10.6 Å². The Labute approximate surface area is 170 Å². The first-order valence-electron chi connectivity index (χ1n) is 9.65. The molecule has 9 heteroatoms. The standard InChI is InChI=1S/C21H21F6N3/c1-30-18-6-7-28-11-15(18)14-8-13(9-17(19(14)30)21(25,26)27)29-10-12-4-2-3-5-16(12)20(22,23)24/h2-5,8-9,15,18,28-29H,6-7,10-11H2,1H3/t15-,18-/m0/s1. The summed E-state index contributed by atoms with van der Waals surface area (Å²) in [4.78, 5) is 1.70. The zero-order chi connectivity index (χ0) is 21.7. The van der Waals surface area contributed by atoms with Crippen LogP contribution in [-0.4, -0.2) is 26.2 Å². The van der Waals surface area contributed by atoms with Gasteiger partial charge in [-0.1, -0.05) is 18.2 Å². The Balaban J connectivity index is 1.70. The Morgan fingerprint density at radius 2 is 1.73 bits per heavy atom. The largest absolute Gasteiger partial charge is 0.418 e. The molecule has 0 aromatic heterocycles. The second-order valence-corrected chi connectivity index (χ2v) is 7.75. The summed E-state index contributed by atoms with van der Waals surface area (Å²) in [7, 11) is 1.68. The van der Waals surface area contributed by atoms with Crippen molar-refractivity contribution in [2.24, 2.45) is 0 Å². The Hall–Kier alpha value is -2.42. The Morgan fingerprint density at radius 1 is 1.03 bits per heavy atom. The van der Waals surface area contributed by atoms with Gasteiger partial charge in [0.2, 0.25) is 0 Å². The third-order valence-corrected chi connectivity index (χ3v) is 5.95. The molecule has 2 aromatic carbocycles. The molecule has 2 atom stereocenters. The summed E-state index contributed by atoms with van der Waals surface area (Å²) in [6.45, 7) is 1.08. The SMILES string of the molecule is CN1c2c(cc(NCc3ccccc3C(F)(F)F)cc2C(F)(F)F)[C@@H]2CNCC[C@@H]21. The zero-order valence-electron chi connectivity index (χ0n) is 16.2. The van der Waals surface area contributed by atoms with E-state index < -0.39 is 23.5 Å². The van der Waals surface area contributed by atoms with Gasteiger partial charge in [-0.3, -0.25) is 0 Å². The van der Waals surface area contributed by atoms with E-state index in [1.54, 1.807) is 18.0 Å². The zero-order valence-corrected chi connectivity index (χ0v) is 16.2. The van der Waals surface area contributed by atoms with Gasteiger partial charge in [0.15, 0.2) is 0 Å². The van der Waals surface area contributed by atoms with E-state index in [-0.39, 0.29) is 35.4 Å². The molecule has 2 aromatic rings. The van der Waals surface area contributed by atoms with Gasteiger partial charge in [0.1, 0.15) is 0 Å².